The van der Waals surface area contributed by atoms with E-state index in [9.17, 15) is 4.79 Å². The lowest BCUT2D eigenvalue weighted by Gasteiger charge is -2.11. The Kier molecular flexibility index (Phi) is 12.1. The van der Waals surface area contributed by atoms with Crippen molar-refractivity contribution < 1.29 is 14.3 Å². The van der Waals surface area contributed by atoms with Crippen LogP contribution in [-0.4, -0.2) is 36.6 Å². The van der Waals surface area contributed by atoms with Gasteiger partial charge in [-0.3, -0.25) is 4.79 Å². The molecule has 0 saturated heterocycles. The van der Waals surface area contributed by atoms with Gasteiger partial charge in [0.05, 0.1) is 14.2 Å². The van der Waals surface area contributed by atoms with Crippen molar-refractivity contribution in [1.82, 2.24) is 9.97 Å². The zero-order valence-electron chi connectivity index (χ0n) is 23.7. The van der Waals surface area contributed by atoms with Gasteiger partial charge in [0.1, 0.15) is 16.5 Å². The van der Waals surface area contributed by atoms with Crippen LogP contribution in [0.4, 0.5) is 23.0 Å². The van der Waals surface area contributed by atoms with Crippen LogP contribution in [0.3, 0.4) is 0 Å². The lowest BCUT2D eigenvalue weighted by Crippen LogP contribution is -2.16. The summed E-state index contributed by atoms with van der Waals surface area (Å²) in [7, 11) is 3.26. The van der Waals surface area contributed by atoms with E-state index in [-0.39, 0.29) is 5.91 Å². The molecule has 0 radical (unpaired) electrons. The number of hydrogen-bond donors (Lipinski definition) is 3. The van der Waals surface area contributed by atoms with Gasteiger partial charge < -0.3 is 25.4 Å². The summed E-state index contributed by atoms with van der Waals surface area (Å²) in [6.07, 6.45) is 3.39. The van der Waals surface area contributed by atoms with Crippen LogP contribution in [-0.2, 0) is 4.79 Å². The number of aromatic nitrogens is 2. The largest absolute Gasteiger partial charge is 0.497 e. The molecule has 3 aromatic carbocycles. The van der Waals surface area contributed by atoms with E-state index in [1.54, 1.807) is 20.4 Å². The first-order valence-electron chi connectivity index (χ1n) is 13.1. The van der Waals surface area contributed by atoms with Crippen molar-refractivity contribution in [1.29, 1.82) is 0 Å². The smallest absolute Gasteiger partial charge is 0.228 e. The molecule has 0 aliphatic rings. The minimum Gasteiger partial charge on any atom is -0.497 e. The molecular formula is C31H37N5O3S. The molecule has 0 atom stereocenters. The van der Waals surface area contributed by atoms with E-state index in [0.717, 1.165) is 44.0 Å². The van der Waals surface area contributed by atoms with E-state index in [2.05, 4.69) is 39.8 Å². The average Bonchev–Trinajstić information content (AvgIpc) is 2.96. The summed E-state index contributed by atoms with van der Waals surface area (Å²) >= 11 is 1.54. The molecule has 40 heavy (non-hydrogen) atoms. The molecule has 1 aromatic heterocycles. The highest BCUT2D eigenvalue weighted by molar-refractivity contribution is 7.99. The number of amides is 1. The Morgan fingerprint density at radius 2 is 1.50 bits per heavy atom. The Morgan fingerprint density at radius 1 is 0.875 bits per heavy atom. The zero-order valence-corrected chi connectivity index (χ0v) is 24.5. The van der Waals surface area contributed by atoms with Crippen LogP contribution in [0.2, 0.25) is 0 Å². The van der Waals surface area contributed by atoms with E-state index < -0.39 is 0 Å². The molecule has 0 fully saturated rings. The number of carbonyl (C=O) groups excluding carboxylic acids is 1. The minimum absolute atomic E-state index is 0.0595. The number of anilines is 4. The number of nitrogens with one attached hydrogen (secondary N) is 3. The van der Waals surface area contributed by atoms with Gasteiger partial charge in [0.25, 0.3) is 0 Å². The normalized spacial score (nSPS) is 10.1. The summed E-state index contributed by atoms with van der Waals surface area (Å²) in [5.74, 6) is 1.98. The fourth-order valence-corrected chi connectivity index (χ4v) is 4.26. The molecular weight excluding hydrogens is 522 g/mol. The van der Waals surface area contributed by atoms with Gasteiger partial charge in [-0.25, -0.2) is 9.97 Å². The fourth-order valence-electron chi connectivity index (χ4n) is 3.41. The second-order valence-corrected chi connectivity index (χ2v) is 9.89. The SMILES string of the molecule is CCC.COc1cccc(NCCC(=O)Nc2ccc(Sc3nc(Nc4cccc(OC)c4)ncc3C)cc2)c1. The molecule has 210 valence electrons. The Bertz CT molecular complexity index is 1370. The molecule has 0 aliphatic heterocycles. The second kappa shape index (κ2) is 16.0. The van der Waals surface area contributed by atoms with Gasteiger partial charge in [0, 0.05) is 58.8 Å². The van der Waals surface area contributed by atoms with Gasteiger partial charge in [0.2, 0.25) is 11.9 Å². The van der Waals surface area contributed by atoms with Crippen LogP contribution in [0, 0.1) is 6.92 Å². The van der Waals surface area contributed by atoms with Gasteiger partial charge in [-0.2, -0.15) is 0 Å². The zero-order chi connectivity index (χ0) is 28.7. The van der Waals surface area contributed by atoms with Crippen molar-refractivity contribution in [2.45, 2.75) is 43.5 Å². The van der Waals surface area contributed by atoms with Crippen LogP contribution < -0.4 is 25.4 Å². The van der Waals surface area contributed by atoms with Crippen molar-refractivity contribution in [3.63, 3.8) is 0 Å². The molecule has 4 rings (SSSR count). The molecule has 0 bridgehead atoms. The second-order valence-electron chi connectivity index (χ2n) is 8.83. The minimum atomic E-state index is -0.0595. The molecule has 4 aromatic rings. The number of methoxy groups -OCH3 is 2. The number of ether oxygens (including phenoxy) is 2. The number of aryl methyl sites for hydroxylation is 1. The predicted molar refractivity (Wildman–Crippen MR) is 164 cm³/mol. The number of rotatable bonds is 11. The maximum absolute atomic E-state index is 12.4. The van der Waals surface area contributed by atoms with Crippen molar-refractivity contribution >= 4 is 40.7 Å². The molecule has 1 amide bonds. The maximum atomic E-state index is 12.4. The third-order valence-electron chi connectivity index (χ3n) is 5.35. The third kappa shape index (κ3) is 9.81. The van der Waals surface area contributed by atoms with E-state index in [0.29, 0.717) is 18.9 Å². The molecule has 3 N–H and O–H groups in total. The molecule has 0 unspecified atom stereocenters. The molecule has 0 aliphatic carbocycles. The van der Waals surface area contributed by atoms with Crippen LogP contribution in [0.15, 0.2) is 88.9 Å². The molecule has 9 heteroatoms. The fraction of sp³-hybridized carbons (Fsp3) is 0.258. The molecule has 8 nitrogen and oxygen atoms in total. The lowest BCUT2D eigenvalue weighted by molar-refractivity contribution is -0.115. The molecule has 0 spiro atoms. The van der Waals surface area contributed by atoms with Crippen molar-refractivity contribution in [2.24, 2.45) is 0 Å². The van der Waals surface area contributed by atoms with Crippen molar-refractivity contribution in [3.8, 4) is 11.5 Å². The van der Waals surface area contributed by atoms with Gasteiger partial charge in [-0.05, 0) is 55.5 Å². The van der Waals surface area contributed by atoms with E-state index in [1.165, 1.54) is 18.2 Å². The first-order valence-corrected chi connectivity index (χ1v) is 14.0. The highest BCUT2D eigenvalue weighted by Gasteiger charge is 2.08. The Balaban J connectivity index is 0.00000141. The monoisotopic (exact) mass is 559 g/mol. The van der Waals surface area contributed by atoms with Crippen molar-refractivity contribution in [3.05, 3.63) is 84.6 Å². The molecule has 0 saturated carbocycles. The summed E-state index contributed by atoms with van der Waals surface area (Å²) in [6.45, 7) is 6.75. The van der Waals surface area contributed by atoms with Crippen LogP contribution in [0.25, 0.3) is 0 Å². The van der Waals surface area contributed by atoms with Gasteiger partial charge in [0.15, 0.2) is 0 Å². The quantitative estimate of drug-likeness (QED) is 0.162. The predicted octanol–water partition coefficient (Wildman–Crippen LogP) is 7.55. The van der Waals surface area contributed by atoms with Gasteiger partial charge in [-0.1, -0.05) is 44.2 Å². The highest BCUT2D eigenvalue weighted by Crippen LogP contribution is 2.30. The Labute approximate surface area is 240 Å². The summed E-state index contributed by atoms with van der Waals surface area (Å²) in [4.78, 5) is 22.4. The number of carbonyl (C=O) groups is 1. The first kappa shape index (κ1) is 30.3. The number of benzene rings is 3. The van der Waals surface area contributed by atoms with Gasteiger partial charge >= 0.3 is 0 Å². The standard InChI is InChI=1S/C28H29N5O3S.C3H8/c1-19-18-30-28(32-22-7-5-9-24(17-22)36-3)33-27(19)37-25-12-10-20(11-13-25)31-26(34)14-15-29-21-6-4-8-23(16-21)35-2;1-3-2/h4-13,16-18,29H,14-15H2,1-3H3,(H,31,34)(H,30,32,33);3H2,1-2H3. The summed E-state index contributed by atoms with van der Waals surface area (Å²) in [5, 5.41) is 10.2. The Morgan fingerprint density at radius 3 is 2.15 bits per heavy atom. The van der Waals surface area contributed by atoms with E-state index >= 15 is 0 Å². The number of nitrogens with zero attached hydrogens (tertiary/aromatic N) is 2. The van der Waals surface area contributed by atoms with Crippen LogP contribution in [0.5, 0.6) is 11.5 Å². The van der Waals surface area contributed by atoms with E-state index in [4.69, 9.17) is 9.47 Å². The summed E-state index contributed by atoms with van der Waals surface area (Å²) in [5.41, 5.74) is 3.48. The van der Waals surface area contributed by atoms with Crippen molar-refractivity contribution in [2.75, 3.05) is 36.7 Å². The third-order valence-corrected chi connectivity index (χ3v) is 6.47. The topological polar surface area (TPSA) is 97.4 Å². The average molecular weight is 560 g/mol. The maximum Gasteiger partial charge on any atom is 0.228 e. The van der Waals surface area contributed by atoms with E-state index in [1.807, 2.05) is 79.7 Å². The van der Waals surface area contributed by atoms with Gasteiger partial charge in [-0.15, -0.1) is 0 Å². The summed E-state index contributed by atoms with van der Waals surface area (Å²) < 4.78 is 10.5. The Hall–Kier alpha value is -4.24. The van der Waals surface area contributed by atoms with Crippen LogP contribution >= 0.6 is 11.8 Å². The van der Waals surface area contributed by atoms with Crippen LogP contribution in [0.1, 0.15) is 32.3 Å². The lowest BCUT2D eigenvalue weighted by atomic mass is 10.3. The number of hydrogen-bond acceptors (Lipinski definition) is 8. The molecule has 1 heterocycles. The summed E-state index contributed by atoms with van der Waals surface area (Å²) in [6, 6.07) is 22.9. The first-order chi connectivity index (χ1) is 19.4. The highest BCUT2D eigenvalue weighted by atomic mass is 32.2.